The summed E-state index contributed by atoms with van der Waals surface area (Å²) >= 11 is 0. The van der Waals surface area contributed by atoms with E-state index in [1.54, 1.807) is 19.1 Å². The van der Waals surface area contributed by atoms with Gasteiger partial charge in [-0.1, -0.05) is 13.3 Å². The summed E-state index contributed by atoms with van der Waals surface area (Å²) in [5.74, 6) is 0. The quantitative estimate of drug-likeness (QED) is 0.821. The molecular formula is C15H24N2O2S. The minimum absolute atomic E-state index is 0.163. The molecule has 3 N–H and O–H groups in total. The van der Waals surface area contributed by atoms with Crippen LogP contribution >= 0.6 is 0 Å². The molecule has 0 radical (unpaired) electrons. The van der Waals surface area contributed by atoms with Crippen molar-refractivity contribution in [2.45, 2.75) is 51.3 Å². The molecule has 1 fully saturated rings. The van der Waals surface area contributed by atoms with Gasteiger partial charge in [-0.3, -0.25) is 0 Å². The molecule has 1 aromatic carbocycles. The second-order valence-electron chi connectivity index (χ2n) is 6.01. The maximum Gasteiger partial charge on any atom is 0.240 e. The largest absolute Gasteiger partial charge is 0.398 e. The van der Waals surface area contributed by atoms with Crippen molar-refractivity contribution in [1.29, 1.82) is 0 Å². The van der Waals surface area contributed by atoms with Gasteiger partial charge in [-0.25, -0.2) is 13.1 Å². The first-order valence-corrected chi connectivity index (χ1v) is 8.64. The van der Waals surface area contributed by atoms with Crippen LogP contribution in [0, 0.1) is 19.3 Å². The molecule has 1 aliphatic rings. The average Bonchev–Trinajstić information content (AvgIpc) is 2.32. The predicted octanol–water partition coefficient (Wildman–Crippen LogP) is 2.74. The Balaban J connectivity index is 2.23. The number of nitrogens with one attached hydrogen (secondary N) is 1. The van der Waals surface area contributed by atoms with Crippen LogP contribution in [-0.4, -0.2) is 15.0 Å². The topological polar surface area (TPSA) is 72.2 Å². The highest BCUT2D eigenvalue weighted by Gasteiger charge is 2.36. The highest BCUT2D eigenvalue weighted by Crippen LogP contribution is 2.43. The van der Waals surface area contributed by atoms with E-state index < -0.39 is 10.0 Å². The Hall–Kier alpha value is -1.07. The van der Waals surface area contributed by atoms with Gasteiger partial charge in [0.25, 0.3) is 0 Å². The lowest BCUT2D eigenvalue weighted by atomic mass is 9.67. The van der Waals surface area contributed by atoms with Crippen LogP contribution in [0.2, 0.25) is 0 Å². The lowest BCUT2D eigenvalue weighted by Crippen LogP contribution is -2.41. The number of hydrogen-bond acceptors (Lipinski definition) is 3. The van der Waals surface area contributed by atoms with Gasteiger partial charge < -0.3 is 5.73 Å². The van der Waals surface area contributed by atoms with E-state index in [0.717, 1.165) is 24.8 Å². The van der Waals surface area contributed by atoms with Gasteiger partial charge in [0.15, 0.2) is 0 Å². The van der Waals surface area contributed by atoms with Gasteiger partial charge in [0.1, 0.15) is 0 Å². The van der Waals surface area contributed by atoms with E-state index in [4.69, 9.17) is 5.73 Å². The summed E-state index contributed by atoms with van der Waals surface area (Å²) in [6.45, 7) is 6.26. The second kappa shape index (κ2) is 5.37. The fourth-order valence-electron chi connectivity index (χ4n) is 2.79. The highest BCUT2D eigenvalue weighted by atomic mass is 32.2. The molecule has 5 heteroatoms. The molecule has 0 amide bonds. The number of anilines is 1. The van der Waals surface area contributed by atoms with Crippen molar-refractivity contribution in [3.63, 3.8) is 0 Å². The third-order valence-corrected chi connectivity index (χ3v) is 6.16. The summed E-state index contributed by atoms with van der Waals surface area (Å²) in [4.78, 5) is 0.306. The van der Waals surface area contributed by atoms with Crippen molar-refractivity contribution in [2.24, 2.45) is 5.41 Å². The van der Waals surface area contributed by atoms with Gasteiger partial charge in [0, 0.05) is 12.2 Å². The van der Waals surface area contributed by atoms with Crippen LogP contribution in [0.5, 0.6) is 0 Å². The molecular weight excluding hydrogens is 272 g/mol. The summed E-state index contributed by atoms with van der Waals surface area (Å²) in [7, 11) is -3.49. The molecule has 112 valence electrons. The Bertz CT molecular complexity index is 599. The van der Waals surface area contributed by atoms with Crippen LogP contribution < -0.4 is 10.5 Å². The Morgan fingerprint density at radius 2 is 1.95 bits per heavy atom. The number of hydrogen-bond donors (Lipinski definition) is 2. The van der Waals surface area contributed by atoms with Gasteiger partial charge in [-0.05, 0) is 61.8 Å². The number of aryl methyl sites for hydroxylation is 1. The third kappa shape index (κ3) is 2.83. The number of nitrogen functional groups attached to an aromatic ring is 1. The Morgan fingerprint density at radius 1 is 1.30 bits per heavy atom. The van der Waals surface area contributed by atoms with Crippen molar-refractivity contribution in [3.05, 3.63) is 23.3 Å². The van der Waals surface area contributed by atoms with Crippen LogP contribution in [0.15, 0.2) is 17.0 Å². The maximum absolute atomic E-state index is 12.5. The van der Waals surface area contributed by atoms with Crippen molar-refractivity contribution >= 4 is 15.7 Å². The number of sulfonamides is 1. The summed E-state index contributed by atoms with van der Waals surface area (Å²) in [6.07, 6.45) is 4.44. The lowest BCUT2D eigenvalue weighted by Gasteiger charge is -2.41. The van der Waals surface area contributed by atoms with E-state index in [1.165, 1.54) is 6.42 Å². The zero-order valence-electron chi connectivity index (χ0n) is 12.5. The van der Waals surface area contributed by atoms with Crippen molar-refractivity contribution in [1.82, 2.24) is 4.72 Å². The molecule has 4 nitrogen and oxygen atoms in total. The van der Waals surface area contributed by atoms with Gasteiger partial charge in [-0.2, -0.15) is 0 Å². The first kappa shape index (κ1) is 15.3. The Morgan fingerprint density at radius 3 is 2.45 bits per heavy atom. The molecule has 0 spiro atoms. The second-order valence-corrected chi connectivity index (χ2v) is 7.74. The van der Waals surface area contributed by atoms with Crippen molar-refractivity contribution in [2.75, 3.05) is 12.3 Å². The van der Waals surface area contributed by atoms with E-state index in [9.17, 15) is 8.42 Å². The first-order chi connectivity index (χ1) is 9.30. The summed E-state index contributed by atoms with van der Waals surface area (Å²) in [6, 6.07) is 3.49. The van der Waals surface area contributed by atoms with Gasteiger partial charge in [0.2, 0.25) is 10.0 Å². The number of nitrogens with two attached hydrogens (primary N) is 1. The van der Waals surface area contributed by atoms with Crippen LogP contribution in [0.1, 0.15) is 43.7 Å². The average molecular weight is 296 g/mol. The molecule has 20 heavy (non-hydrogen) atoms. The molecule has 2 rings (SSSR count). The Kier molecular flexibility index (Phi) is 4.12. The van der Waals surface area contributed by atoms with E-state index in [1.807, 2.05) is 6.92 Å². The van der Waals surface area contributed by atoms with Gasteiger partial charge in [0.05, 0.1) is 4.90 Å². The minimum Gasteiger partial charge on any atom is -0.398 e. The standard InChI is InChI=1S/C15H24N2O2S/c1-4-15(6-5-7-15)10-17-20(18,19)14-9-11(2)8-13(16)12(14)3/h8-9,17H,4-7,10,16H2,1-3H3. The SMILES string of the molecule is CCC1(CNS(=O)(=O)c2cc(C)cc(N)c2C)CCC1. The third-order valence-electron chi connectivity index (χ3n) is 4.64. The van der Waals surface area contributed by atoms with E-state index in [-0.39, 0.29) is 5.41 Å². The normalized spacial score (nSPS) is 17.8. The predicted molar refractivity (Wildman–Crippen MR) is 82.1 cm³/mol. The molecule has 0 aromatic heterocycles. The van der Waals surface area contributed by atoms with Gasteiger partial charge >= 0.3 is 0 Å². The van der Waals surface area contributed by atoms with Crippen LogP contribution in [0.4, 0.5) is 5.69 Å². The van der Waals surface area contributed by atoms with E-state index in [2.05, 4.69) is 11.6 Å². The molecule has 0 saturated heterocycles. The minimum atomic E-state index is -3.49. The van der Waals surface area contributed by atoms with E-state index in [0.29, 0.717) is 22.7 Å². The zero-order chi connectivity index (χ0) is 15.0. The van der Waals surface area contributed by atoms with Crippen LogP contribution in [-0.2, 0) is 10.0 Å². The number of rotatable bonds is 5. The lowest BCUT2D eigenvalue weighted by molar-refractivity contribution is 0.133. The molecule has 0 aliphatic heterocycles. The van der Waals surface area contributed by atoms with Gasteiger partial charge in [-0.15, -0.1) is 0 Å². The zero-order valence-corrected chi connectivity index (χ0v) is 13.3. The smallest absolute Gasteiger partial charge is 0.240 e. The first-order valence-electron chi connectivity index (χ1n) is 7.16. The maximum atomic E-state index is 12.5. The fraction of sp³-hybridized carbons (Fsp3) is 0.600. The molecule has 0 heterocycles. The summed E-state index contributed by atoms with van der Waals surface area (Å²) in [5.41, 5.74) is 8.05. The summed E-state index contributed by atoms with van der Waals surface area (Å²) < 4.78 is 27.8. The van der Waals surface area contributed by atoms with Crippen molar-refractivity contribution in [3.8, 4) is 0 Å². The number of benzene rings is 1. The Labute approximate surface area is 121 Å². The molecule has 1 aromatic rings. The summed E-state index contributed by atoms with van der Waals surface area (Å²) in [5, 5.41) is 0. The molecule has 0 atom stereocenters. The van der Waals surface area contributed by atoms with Crippen molar-refractivity contribution < 1.29 is 8.42 Å². The van der Waals surface area contributed by atoms with Crippen LogP contribution in [0.25, 0.3) is 0 Å². The fourth-order valence-corrected chi connectivity index (χ4v) is 4.30. The molecule has 0 unspecified atom stereocenters. The molecule has 1 aliphatic carbocycles. The van der Waals surface area contributed by atoms with Crippen LogP contribution in [0.3, 0.4) is 0 Å². The van der Waals surface area contributed by atoms with E-state index >= 15 is 0 Å². The monoisotopic (exact) mass is 296 g/mol. The highest BCUT2D eigenvalue weighted by molar-refractivity contribution is 7.89. The molecule has 1 saturated carbocycles. The molecule has 0 bridgehead atoms.